The number of ether oxygens (including phenoxy) is 1. The highest BCUT2D eigenvalue weighted by Gasteiger charge is 2.61. The van der Waals surface area contributed by atoms with Crippen LogP contribution in [0, 0.1) is 0 Å². The zero-order valence-electron chi connectivity index (χ0n) is 17.6. The van der Waals surface area contributed by atoms with Crippen LogP contribution in [-0.4, -0.2) is 55.4 Å². The predicted octanol–water partition coefficient (Wildman–Crippen LogP) is 3.41. The Labute approximate surface area is 190 Å². The van der Waals surface area contributed by atoms with Gasteiger partial charge in [0, 0.05) is 24.3 Å². The summed E-state index contributed by atoms with van der Waals surface area (Å²) in [5.41, 5.74) is 2.54. The van der Waals surface area contributed by atoms with E-state index in [0.29, 0.717) is 19.9 Å². The number of fused-ring (bicyclic) bond motifs is 3. The molecule has 0 aliphatic carbocycles. The fraction of sp³-hybridized carbons (Fsp3) is 0.280. The van der Waals surface area contributed by atoms with E-state index in [2.05, 4.69) is 11.0 Å². The first-order valence-electron chi connectivity index (χ1n) is 10.9. The Hall–Kier alpha value is -2.87. The molecular formula is C25H23N3O3S. The highest BCUT2D eigenvalue weighted by atomic mass is 32.2. The second-order valence-corrected chi connectivity index (χ2v) is 9.48. The molecule has 6 rings (SSSR count). The van der Waals surface area contributed by atoms with Crippen LogP contribution in [0.2, 0.25) is 0 Å². The van der Waals surface area contributed by atoms with E-state index in [9.17, 15) is 9.59 Å². The van der Waals surface area contributed by atoms with Gasteiger partial charge in [0.15, 0.2) is 0 Å². The number of rotatable bonds is 3. The van der Waals surface area contributed by atoms with Crippen molar-refractivity contribution in [3.8, 4) is 0 Å². The van der Waals surface area contributed by atoms with Crippen LogP contribution in [0.15, 0.2) is 66.7 Å². The summed E-state index contributed by atoms with van der Waals surface area (Å²) in [6, 6.07) is 22.0. The quantitative estimate of drug-likeness (QED) is 0.619. The Morgan fingerprint density at radius 3 is 2.50 bits per heavy atom. The minimum atomic E-state index is -1.07. The summed E-state index contributed by atoms with van der Waals surface area (Å²) in [4.78, 5) is 32.1. The third kappa shape index (κ3) is 2.88. The van der Waals surface area contributed by atoms with Crippen LogP contribution in [0.5, 0.6) is 0 Å². The highest BCUT2D eigenvalue weighted by Crippen LogP contribution is 2.55. The van der Waals surface area contributed by atoms with Gasteiger partial charge >= 0.3 is 0 Å². The summed E-state index contributed by atoms with van der Waals surface area (Å²) in [5, 5.41) is 2.16. The minimum Gasteiger partial charge on any atom is -0.379 e. The van der Waals surface area contributed by atoms with Gasteiger partial charge in [0.05, 0.1) is 31.3 Å². The van der Waals surface area contributed by atoms with E-state index in [1.54, 1.807) is 4.90 Å². The summed E-state index contributed by atoms with van der Waals surface area (Å²) >= 11 is 1.43. The number of carbonyl (C=O) groups excluding carboxylic acids is 2. The number of thioether (sulfide) groups is 1. The third-order valence-corrected chi connectivity index (χ3v) is 7.89. The molecule has 0 aromatic heterocycles. The van der Waals surface area contributed by atoms with Crippen molar-refractivity contribution in [3.05, 3.63) is 72.3 Å². The molecule has 1 spiro atoms. The largest absolute Gasteiger partial charge is 0.379 e. The second-order valence-electron chi connectivity index (χ2n) is 8.32. The molecule has 2 fully saturated rings. The molecule has 0 N–H and O–H groups in total. The van der Waals surface area contributed by atoms with Gasteiger partial charge in [-0.2, -0.15) is 0 Å². The fourth-order valence-corrected chi connectivity index (χ4v) is 6.31. The van der Waals surface area contributed by atoms with Crippen LogP contribution in [0.3, 0.4) is 0 Å². The van der Waals surface area contributed by atoms with Crippen LogP contribution in [0.25, 0.3) is 10.8 Å². The summed E-state index contributed by atoms with van der Waals surface area (Å²) in [5.74, 6) is 0.189. The number of para-hydroxylation sites is 1. The maximum atomic E-state index is 14.1. The minimum absolute atomic E-state index is 0.0401. The monoisotopic (exact) mass is 445 g/mol. The average Bonchev–Trinajstić information content (AvgIpc) is 3.30. The number of morpholine rings is 1. The molecule has 0 saturated carbocycles. The highest BCUT2D eigenvalue weighted by molar-refractivity contribution is 8.02. The Balaban J connectivity index is 1.46. The van der Waals surface area contributed by atoms with E-state index in [1.165, 1.54) is 11.8 Å². The molecule has 0 radical (unpaired) electrons. The number of hydrogen-bond acceptors (Lipinski definition) is 5. The van der Waals surface area contributed by atoms with Crippen LogP contribution in [-0.2, 0) is 19.2 Å². The van der Waals surface area contributed by atoms with Crippen LogP contribution < -0.4 is 9.80 Å². The van der Waals surface area contributed by atoms with Gasteiger partial charge in [-0.05, 0) is 29.0 Å². The zero-order valence-corrected chi connectivity index (χ0v) is 18.4. The maximum Gasteiger partial charge on any atom is 0.269 e. The van der Waals surface area contributed by atoms with E-state index >= 15 is 0 Å². The molecule has 3 aromatic rings. The standard InChI is InChI=1S/C25H23N3O3S/c29-23-16-32-25(28(23)20-10-9-18-5-1-2-6-19(18)15-20)21-7-3-4-8-22(21)27(24(25)30)17-26-11-13-31-14-12-26/h1-10,15H,11-14,16-17H2/t25-/m0/s1. The van der Waals surface area contributed by atoms with Gasteiger partial charge in [0.2, 0.25) is 10.8 Å². The molecular weight excluding hydrogens is 422 g/mol. The molecule has 3 heterocycles. The lowest BCUT2D eigenvalue weighted by Gasteiger charge is -2.35. The number of anilines is 2. The van der Waals surface area contributed by atoms with Crippen molar-refractivity contribution in [2.75, 3.05) is 48.5 Å². The zero-order chi connectivity index (χ0) is 21.7. The van der Waals surface area contributed by atoms with E-state index in [-0.39, 0.29) is 17.6 Å². The Kier molecular flexibility index (Phi) is 4.71. The van der Waals surface area contributed by atoms with Crippen LogP contribution >= 0.6 is 11.8 Å². The number of amides is 2. The maximum absolute atomic E-state index is 14.1. The van der Waals surface area contributed by atoms with Crippen molar-refractivity contribution in [1.82, 2.24) is 4.90 Å². The van der Waals surface area contributed by atoms with Crippen molar-refractivity contribution in [3.63, 3.8) is 0 Å². The molecule has 32 heavy (non-hydrogen) atoms. The molecule has 2 saturated heterocycles. The van der Waals surface area contributed by atoms with Gasteiger partial charge in [-0.1, -0.05) is 48.5 Å². The third-order valence-electron chi connectivity index (χ3n) is 6.50. The molecule has 2 amide bonds. The fourth-order valence-electron chi connectivity index (χ4n) is 4.95. The predicted molar refractivity (Wildman–Crippen MR) is 127 cm³/mol. The van der Waals surface area contributed by atoms with Gasteiger partial charge in [0.1, 0.15) is 0 Å². The van der Waals surface area contributed by atoms with Gasteiger partial charge in [-0.15, -0.1) is 11.8 Å². The van der Waals surface area contributed by atoms with Gasteiger partial charge in [0.25, 0.3) is 5.91 Å². The lowest BCUT2D eigenvalue weighted by atomic mass is 10.0. The first-order chi connectivity index (χ1) is 15.7. The average molecular weight is 446 g/mol. The summed E-state index contributed by atoms with van der Waals surface area (Å²) in [7, 11) is 0. The molecule has 6 nitrogen and oxygen atoms in total. The van der Waals surface area contributed by atoms with Crippen molar-refractivity contribution >= 4 is 45.7 Å². The molecule has 0 unspecified atom stereocenters. The molecule has 162 valence electrons. The molecule has 3 aliphatic rings. The topological polar surface area (TPSA) is 53.1 Å². The molecule has 7 heteroatoms. The molecule has 1 atom stereocenters. The van der Waals surface area contributed by atoms with Gasteiger partial charge in [-0.25, -0.2) is 0 Å². The van der Waals surface area contributed by atoms with Crippen LogP contribution in [0.4, 0.5) is 11.4 Å². The first kappa shape index (κ1) is 19.8. The van der Waals surface area contributed by atoms with E-state index in [1.807, 2.05) is 65.6 Å². The van der Waals surface area contributed by atoms with E-state index in [0.717, 1.165) is 40.8 Å². The summed E-state index contributed by atoms with van der Waals surface area (Å²) in [6.07, 6.45) is 0. The Bertz CT molecular complexity index is 1230. The van der Waals surface area contributed by atoms with E-state index < -0.39 is 4.87 Å². The van der Waals surface area contributed by atoms with Crippen LogP contribution in [0.1, 0.15) is 5.56 Å². The van der Waals surface area contributed by atoms with Crippen molar-refractivity contribution < 1.29 is 14.3 Å². The summed E-state index contributed by atoms with van der Waals surface area (Å²) < 4.78 is 5.48. The second kappa shape index (κ2) is 7.62. The number of nitrogens with zero attached hydrogens (tertiary/aromatic N) is 3. The first-order valence-corrected chi connectivity index (χ1v) is 11.8. The number of hydrogen-bond donors (Lipinski definition) is 0. The normalized spacial score (nSPS) is 23.5. The van der Waals surface area contributed by atoms with Crippen molar-refractivity contribution in [2.45, 2.75) is 4.87 Å². The lowest BCUT2D eigenvalue weighted by molar-refractivity contribution is -0.124. The number of carbonyl (C=O) groups is 2. The molecule has 3 aliphatic heterocycles. The van der Waals surface area contributed by atoms with Crippen molar-refractivity contribution in [1.29, 1.82) is 0 Å². The molecule has 0 bridgehead atoms. The van der Waals surface area contributed by atoms with Crippen molar-refractivity contribution in [2.24, 2.45) is 0 Å². The lowest BCUT2D eigenvalue weighted by Crippen LogP contribution is -2.52. The SMILES string of the molecule is O=C1CS[C@@]2(C(=O)N(CN3CCOCC3)c3ccccc32)N1c1ccc2ccccc2c1. The van der Waals surface area contributed by atoms with Gasteiger partial charge < -0.3 is 4.74 Å². The van der Waals surface area contributed by atoms with E-state index in [4.69, 9.17) is 4.74 Å². The smallest absolute Gasteiger partial charge is 0.269 e. The number of benzene rings is 3. The Morgan fingerprint density at radius 2 is 1.66 bits per heavy atom. The summed E-state index contributed by atoms with van der Waals surface area (Å²) in [6.45, 7) is 3.43. The van der Waals surface area contributed by atoms with Gasteiger partial charge in [-0.3, -0.25) is 24.3 Å². The Morgan fingerprint density at radius 1 is 0.906 bits per heavy atom. The molecule has 3 aromatic carbocycles.